The zero-order valence-electron chi connectivity index (χ0n) is 7.24. The molecule has 0 aliphatic heterocycles. The summed E-state index contributed by atoms with van der Waals surface area (Å²) in [6.45, 7) is 4.52. The Labute approximate surface area is 75.7 Å². The van der Waals surface area contributed by atoms with Crippen LogP contribution in [-0.4, -0.2) is 15.4 Å². The van der Waals surface area contributed by atoms with Crippen molar-refractivity contribution in [2.75, 3.05) is 0 Å². The number of aliphatic imine (C=N–C) groups is 1. The van der Waals surface area contributed by atoms with Crippen molar-refractivity contribution in [1.29, 1.82) is 0 Å². The molecule has 0 radical (unpaired) electrons. The first-order valence-electron chi connectivity index (χ1n) is 3.80. The minimum Gasteiger partial charge on any atom is -0.387 e. The summed E-state index contributed by atoms with van der Waals surface area (Å²) in [6.07, 6.45) is 0.797. The van der Waals surface area contributed by atoms with Crippen LogP contribution in [0.2, 0.25) is 0 Å². The molecule has 2 N–H and O–H groups in total. The van der Waals surface area contributed by atoms with Gasteiger partial charge in [0.25, 0.3) is 0 Å². The van der Waals surface area contributed by atoms with Crippen LogP contribution >= 0.6 is 11.5 Å². The molecule has 0 fully saturated rings. The fraction of sp³-hybridized carbons (Fsp3) is 0.571. The fourth-order valence-electron chi connectivity index (χ4n) is 0.681. The second-order valence-electron chi connectivity index (χ2n) is 2.44. The summed E-state index contributed by atoms with van der Waals surface area (Å²) in [5.74, 6) is 0.683. The van der Waals surface area contributed by atoms with Gasteiger partial charge in [-0.15, -0.1) is 5.10 Å². The molecule has 0 atom stereocenters. The van der Waals surface area contributed by atoms with Gasteiger partial charge in [0, 0.05) is 6.42 Å². The maximum atomic E-state index is 5.55. The molecule has 1 rings (SSSR count). The molecule has 66 valence electrons. The van der Waals surface area contributed by atoms with Gasteiger partial charge in [-0.25, -0.2) is 0 Å². The van der Waals surface area contributed by atoms with Gasteiger partial charge >= 0.3 is 0 Å². The standard InChI is InChI=1S/C7H12N4S/c1-3-7(8)9-4-6-5(2)10-11-12-6/h3-4H2,1-2H3,(H2,8,9). The van der Waals surface area contributed by atoms with E-state index >= 15 is 0 Å². The lowest BCUT2D eigenvalue weighted by atomic mass is 10.4. The van der Waals surface area contributed by atoms with Crippen LogP contribution in [0.15, 0.2) is 4.99 Å². The van der Waals surface area contributed by atoms with Crippen molar-refractivity contribution in [3.63, 3.8) is 0 Å². The van der Waals surface area contributed by atoms with Crippen LogP contribution in [0.4, 0.5) is 0 Å². The molecular formula is C7H12N4S. The van der Waals surface area contributed by atoms with E-state index in [9.17, 15) is 0 Å². The summed E-state index contributed by atoms with van der Waals surface area (Å²) < 4.78 is 3.81. The van der Waals surface area contributed by atoms with Gasteiger partial charge in [-0.1, -0.05) is 11.4 Å². The first-order chi connectivity index (χ1) is 5.74. The molecule has 0 saturated carbocycles. The molecule has 0 aliphatic rings. The zero-order valence-corrected chi connectivity index (χ0v) is 8.06. The summed E-state index contributed by atoms with van der Waals surface area (Å²) in [5, 5.41) is 3.88. The molecule has 12 heavy (non-hydrogen) atoms. The lowest BCUT2D eigenvalue weighted by molar-refractivity contribution is 1.01. The highest BCUT2D eigenvalue weighted by Gasteiger charge is 2.00. The maximum Gasteiger partial charge on any atom is 0.0938 e. The highest BCUT2D eigenvalue weighted by atomic mass is 32.1. The normalized spacial score (nSPS) is 12.0. The van der Waals surface area contributed by atoms with Gasteiger partial charge in [0.2, 0.25) is 0 Å². The lowest BCUT2D eigenvalue weighted by Gasteiger charge is -1.94. The Hall–Kier alpha value is -0.970. The smallest absolute Gasteiger partial charge is 0.0938 e. The second kappa shape index (κ2) is 4.15. The third-order valence-electron chi connectivity index (χ3n) is 1.53. The minimum absolute atomic E-state index is 0.614. The number of nitrogens with two attached hydrogens (primary N) is 1. The number of aromatic nitrogens is 2. The van der Waals surface area contributed by atoms with E-state index in [0.29, 0.717) is 12.4 Å². The van der Waals surface area contributed by atoms with Crippen LogP contribution in [0.3, 0.4) is 0 Å². The molecule has 0 bridgehead atoms. The van der Waals surface area contributed by atoms with Crippen molar-refractivity contribution in [2.24, 2.45) is 10.7 Å². The molecule has 5 heteroatoms. The SMILES string of the molecule is CCC(N)=NCc1snnc1C. The summed E-state index contributed by atoms with van der Waals surface area (Å²) in [4.78, 5) is 5.26. The predicted molar refractivity (Wildman–Crippen MR) is 50.3 cm³/mol. The minimum atomic E-state index is 0.614. The van der Waals surface area contributed by atoms with Crippen molar-refractivity contribution in [1.82, 2.24) is 9.59 Å². The summed E-state index contributed by atoms with van der Waals surface area (Å²) >= 11 is 1.38. The van der Waals surface area contributed by atoms with E-state index in [1.165, 1.54) is 11.5 Å². The Kier molecular flexibility index (Phi) is 3.16. The average molecular weight is 184 g/mol. The molecule has 1 heterocycles. The largest absolute Gasteiger partial charge is 0.387 e. The highest BCUT2D eigenvalue weighted by molar-refractivity contribution is 7.05. The van der Waals surface area contributed by atoms with Gasteiger partial charge in [-0.2, -0.15) is 0 Å². The van der Waals surface area contributed by atoms with Crippen LogP contribution in [0.5, 0.6) is 0 Å². The third kappa shape index (κ3) is 2.27. The van der Waals surface area contributed by atoms with E-state index in [1.807, 2.05) is 13.8 Å². The zero-order chi connectivity index (χ0) is 8.97. The van der Waals surface area contributed by atoms with Crippen LogP contribution in [0, 0.1) is 6.92 Å². The Morgan fingerprint density at radius 1 is 1.67 bits per heavy atom. The van der Waals surface area contributed by atoms with Gasteiger partial charge in [-0.05, 0) is 18.5 Å². The lowest BCUT2D eigenvalue weighted by Crippen LogP contribution is -2.09. The Morgan fingerprint density at radius 2 is 2.42 bits per heavy atom. The van der Waals surface area contributed by atoms with Gasteiger partial charge < -0.3 is 5.73 Å². The highest BCUT2D eigenvalue weighted by Crippen LogP contribution is 2.09. The summed E-state index contributed by atoms with van der Waals surface area (Å²) in [5.41, 5.74) is 6.50. The first-order valence-corrected chi connectivity index (χ1v) is 4.58. The Balaban J connectivity index is 2.59. The van der Waals surface area contributed by atoms with Gasteiger partial charge in [0.05, 0.1) is 23.0 Å². The van der Waals surface area contributed by atoms with Crippen molar-refractivity contribution in [3.8, 4) is 0 Å². The molecule has 0 amide bonds. The summed E-state index contributed by atoms with van der Waals surface area (Å²) in [6, 6.07) is 0. The molecule has 4 nitrogen and oxygen atoms in total. The van der Waals surface area contributed by atoms with E-state index in [4.69, 9.17) is 5.73 Å². The Morgan fingerprint density at radius 3 is 2.92 bits per heavy atom. The summed E-state index contributed by atoms with van der Waals surface area (Å²) in [7, 11) is 0. The molecule has 1 aromatic heterocycles. The number of hydrogen-bond donors (Lipinski definition) is 1. The quantitative estimate of drug-likeness (QED) is 0.565. The number of rotatable bonds is 3. The predicted octanol–water partition coefficient (Wildman–Crippen LogP) is 1.11. The number of aryl methyl sites for hydroxylation is 1. The van der Waals surface area contributed by atoms with E-state index < -0.39 is 0 Å². The molecule has 0 saturated heterocycles. The van der Waals surface area contributed by atoms with E-state index in [0.717, 1.165) is 17.0 Å². The molecule has 0 unspecified atom stereocenters. The van der Waals surface area contributed by atoms with Crippen LogP contribution in [-0.2, 0) is 6.54 Å². The molecule has 0 aromatic carbocycles. The second-order valence-corrected chi connectivity index (χ2v) is 3.28. The van der Waals surface area contributed by atoms with Crippen LogP contribution in [0.1, 0.15) is 23.9 Å². The fourth-order valence-corrected chi connectivity index (χ4v) is 1.24. The van der Waals surface area contributed by atoms with Crippen LogP contribution < -0.4 is 5.73 Å². The number of amidine groups is 1. The number of nitrogens with zero attached hydrogens (tertiary/aromatic N) is 3. The average Bonchev–Trinajstić information content (AvgIpc) is 2.47. The van der Waals surface area contributed by atoms with Crippen molar-refractivity contribution in [3.05, 3.63) is 10.6 Å². The third-order valence-corrected chi connectivity index (χ3v) is 2.34. The van der Waals surface area contributed by atoms with E-state index in [-0.39, 0.29) is 0 Å². The monoisotopic (exact) mass is 184 g/mol. The van der Waals surface area contributed by atoms with Gasteiger partial charge in [-0.3, -0.25) is 4.99 Å². The molecular weight excluding hydrogens is 172 g/mol. The molecule has 0 aliphatic carbocycles. The Bertz CT molecular complexity index is 279. The van der Waals surface area contributed by atoms with E-state index in [1.54, 1.807) is 0 Å². The van der Waals surface area contributed by atoms with Crippen LogP contribution in [0.25, 0.3) is 0 Å². The van der Waals surface area contributed by atoms with Crippen molar-refractivity contribution >= 4 is 17.4 Å². The number of hydrogen-bond acceptors (Lipinski definition) is 4. The maximum absolute atomic E-state index is 5.55. The van der Waals surface area contributed by atoms with Crippen molar-refractivity contribution in [2.45, 2.75) is 26.8 Å². The first kappa shape index (κ1) is 9.12. The van der Waals surface area contributed by atoms with Gasteiger partial charge in [0.1, 0.15) is 0 Å². The molecule has 1 aromatic rings. The van der Waals surface area contributed by atoms with Gasteiger partial charge in [0.15, 0.2) is 0 Å². The van der Waals surface area contributed by atoms with Crippen molar-refractivity contribution < 1.29 is 0 Å². The topological polar surface area (TPSA) is 64.2 Å². The van der Waals surface area contributed by atoms with E-state index in [2.05, 4.69) is 14.6 Å². The molecule has 0 spiro atoms.